The minimum absolute atomic E-state index is 0.0734. The van der Waals surface area contributed by atoms with Crippen LogP contribution < -0.4 is 11.3 Å². The lowest BCUT2D eigenvalue weighted by molar-refractivity contribution is 0.579. The molecule has 0 aliphatic heterocycles. The number of aromatic nitrogens is 2. The molecule has 15 heavy (non-hydrogen) atoms. The zero-order chi connectivity index (χ0) is 11.6. The Balaban J connectivity index is 2.92. The minimum atomic E-state index is -3.07. The Morgan fingerprint density at radius 3 is 2.47 bits per heavy atom. The molecule has 7 heteroatoms. The molecule has 1 rings (SSSR count). The first-order valence-electron chi connectivity index (χ1n) is 4.60. The molecule has 3 N–H and O–H groups in total. The topological polar surface area (TPSA) is 98.0 Å². The Kier molecular flexibility index (Phi) is 3.23. The summed E-state index contributed by atoms with van der Waals surface area (Å²) in [4.78, 5) is 11.5. The van der Waals surface area contributed by atoms with Crippen LogP contribution in [0.1, 0.15) is 12.6 Å². The fourth-order valence-corrected chi connectivity index (χ4v) is 1.75. The van der Waals surface area contributed by atoms with E-state index in [1.54, 1.807) is 0 Å². The number of rotatable bonds is 4. The second-order valence-electron chi connectivity index (χ2n) is 3.44. The summed E-state index contributed by atoms with van der Waals surface area (Å²) >= 11 is 0. The van der Waals surface area contributed by atoms with Crippen LogP contribution in [0, 0.1) is 0 Å². The number of anilines is 1. The molecule has 0 bridgehead atoms. The minimum Gasteiger partial charge on any atom is -0.393 e. The molecule has 0 spiro atoms. The van der Waals surface area contributed by atoms with E-state index in [1.807, 2.05) is 6.92 Å². The highest BCUT2D eigenvalue weighted by Gasteiger charge is 2.10. The number of H-pyrrole nitrogens is 1. The van der Waals surface area contributed by atoms with Crippen molar-refractivity contribution in [3.8, 4) is 0 Å². The SMILES string of the molecule is CCc1[nH]n(CCS(C)(=O)=O)c(=O)c1N. The lowest BCUT2D eigenvalue weighted by Gasteiger charge is -1.99. The molecule has 0 atom stereocenters. The van der Waals surface area contributed by atoms with Gasteiger partial charge in [0, 0.05) is 6.26 Å². The first-order chi connectivity index (χ1) is 6.85. The van der Waals surface area contributed by atoms with Crippen LogP contribution in [0.5, 0.6) is 0 Å². The average Bonchev–Trinajstić information content (AvgIpc) is 2.40. The number of nitrogens with zero attached hydrogens (tertiary/aromatic N) is 1. The third-order valence-electron chi connectivity index (χ3n) is 2.11. The quantitative estimate of drug-likeness (QED) is 0.723. The summed E-state index contributed by atoms with van der Waals surface area (Å²) in [5.74, 6) is -0.0734. The molecule has 0 unspecified atom stereocenters. The van der Waals surface area contributed by atoms with Crippen LogP contribution in [0.2, 0.25) is 0 Å². The van der Waals surface area contributed by atoms with Gasteiger partial charge in [-0.3, -0.25) is 14.6 Å². The molecule has 0 aromatic carbocycles. The van der Waals surface area contributed by atoms with E-state index in [9.17, 15) is 13.2 Å². The highest BCUT2D eigenvalue weighted by Crippen LogP contribution is 2.03. The van der Waals surface area contributed by atoms with Crippen molar-refractivity contribution in [2.24, 2.45) is 0 Å². The molecular formula is C8H15N3O3S. The summed E-state index contributed by atoms with van der Waals surface area (Å²) < 4.78 is 23.1. The molecule has 1 aromatic heterocycles. The standard InChI is InChI=1S/C8H15N3O3S/c1-3-6-7(9)8(12)11(10-6)4-5-15(2,13)14/h10H,3-5,9H2,1-2H3. The number of nitrogens with one attached hydrogen (secondary N) is 1. The maximum Gasteiger partial charge on any atom is 0.289 e. The fourth-order valence-electron chi connectivity index (χ4n) is 1.23. The molecule has 6 nitrogen and oxygen atoms in total. The van der Waals surface area contributed by atoms with Gasteiger partial charge in [0.05, 0.1) is 18.0 Å². The molecule has 1 aromatic rings. The van der Waals surface area contributed by atoms with Gasteiger partial charge in [-0.25, -0.2) is 8.42 Å². The van der Waals surface area contributed by atoms with Crippen LogP contribution in [0.3, 0.4) is 0 Å². The second-order valence-corrected chi connectivity index (χ2v) is 5.70. The van der Waals surface area contributed by atoms with Gasteiger partial charge < -0.3 is 5.73 Å². The van der Waals surface area contributed by atoms with Crippen molar-refractivity contribution in [3.05, 3.63) is 16.0 Å². The number of hydrogen-bond donors (Lipinski definition) is 2. The van der Waals surface area contributed by atoms with Gasteiger partial charge in [0.2, 0.25) is 0 Å². The molecule has 0 radical (unpaired) electrons. The molecule has 0 aliphatic rings. The van der Waals surface area contributed by atoms with E-state index >= 15 is 0 Å². The Morgan fingerprint density at radius 1 is 1.47 bits per heavy atom. The monoisotopic (exact) mass is 233 g/mol. The van der Waals surface area contributed by atoms with Crippen LogP contribution in [-0.4, -0.2) is 30.2 Å². The summed E-state index contributed by atoms with van der Waals surface area (Å²) in [6, 6.07) is 0. The number of hydrogen-bond acceptors (Lipinski definition) is 4. The maximum absolute atomic E-state index is 11.5. The average molecular weight is 233 g/mol. The summed E-state index contributed by atoms with van der Waals surface area (Å²) in [7, 11) is -3.07. The van der Waals surface area contributed by atoms with Gasteiger partial charge >= 0.3 is 0 Å². The zero-order valence-electron chi connectivity index (χ0n) is 8.78. The van der Waals surface area contributed by atoms with Gasteiger partial charge in [0.25, 0.3) is 5.56 Å². The smallest absolute Gasteiger partial charge is 0.289 e. The molecular weight excluding hydrogens is 218 g/mol. The van der Waals surface area contributed by atoms with Gasteiger partial charge in [-0.05, 0) is 6.42 Å². The van der Waals surface area contributed by atoms with E-state index in [0.717, 1.165) is 6.26 Å². The fraction of sp³-hybridized carbons (Fsp3) is 0.625. The number of aryl methyl sites for hydroxylation is 2. The molecule has 0 amide bonds. The predicted octanol–water partition coefficient (Wildman–Crippen LogP) is -0.634. The van der Waals surface area contributed by atoms with E-state index in [4.69, 9.17) is 5.73 Å². The Labute approximate surface area is 88.0 Å². The maximum atomic E-state index is 11.5. The highest BCUT2D eigenvalue weighted by atomic mass is 32.2. The van der Waals surface area contributed by atoms with Gasteiger partial charge in [-0.15, -0.1) is 0 Å². The van der Waals surface area contributed by atoms with E-state index in [2.05, 4.69) is 5.10 Å². The lowest BCUT2D eigenvalue weighted by atomic mass is 10.3. The predicted molar refractivity (Wildman–Crippen MR) is 58.6 cm³/mol. The van der Waals surface area contributed by atoms with Crippen molar-refractivity contribution in [2.75, 3.05) is 17.7 Å². The normalized spacial score (nSPS) is 11.9. The van der Waals surface area contributed by atoms with E-state index in [1.165, 1.54) is 4.68 Å². The number of nitrogen functional groups attached to an aromatic ring is 1. The van der Waals surface area contributed by atoms with Crippen molar-refractivity contribution in [3.63, 3.8) is 0 Å². The number of sulfone groups is 1. The largest absolute Gasteiger partial charge is 0.393 e. The third-order valence-corrected chi connectivity index (χ3v) is 3.03. The van der Waals surface area contributed by atoms with Gasteiger partial charge in [-0.2, -0.15) is 0 Å². The Hall–Kier alpha value is -1.24. The van der Waals surface area contributed by atoms with Crippen molar-refractivity contribution in [1.29, 1.82) is 0 Å². The van der Waals surface area contributed by atoms with Crippen molar-refractivity contribution in [1.82, 2.24) is 9.78 Å². The van der Waals surface area contributed by atoms with Gasteiger partial charge in [-0.1, -0.05) is 6.92 Å². The van der Waals surface area contributed by atoms with Crippen LogP contribution in [0.4, 0.5) is 5.69 Å². The molecule has 0 fully saturated rings. The van der Waals surface area contributed by atoms with E-state index < -0.39 is 9.84 Å². The van der Waals surface area contributed by atoms with Crippen LogP contribution >= 0.6 is 0 Å². The van der Waals surface area contributed by atoms with E-state index in [-0.39, 0.29) is 23.5 Å². The highest BCUT2D eigenvalue weighted by molar-refractivity contribution is 7.90. The van der Waals surface area contributed by atoms with Crippen molar-refractivity contribution < 1.29 is 8.42 Å². The lowest BCUT2D eigenvalue weighted by Crippen LogP contribution is -2.22. The molecule has 0 saturated heterocycles. The summed E-state index contributed by atoms with van der Waals surface area (Å²) in [5, 5.41) is 2.79. The number of nitrogens with two attached hydrogens (primary N) is 1. The Morgan fingerprint density at radius 2 is 2.07 bits per heavy atom. The van der Waals surface area contributed by atoms with Crippen molar-refractivity contribution in [2.45, 2.75) is 19.9 Å². The Bertz CT molecular complexity index is 498. The molecule has 86 valence electrons. The zero-order valence-corrected chi connectivity index (χ0v) is 9.60. The van der Waals surface area contributed by atoms with E-state index in [0.29, 0.717) is 12.1 Å². The number of aromatic amines is 1. The second kappa shape index (κ2) is 4.09. The summed E-state index contributed by atoms with van der Waals surface area (Å²) in [6.07, 6.45) is 1.75. The van der Waals surface area contributed by atoms with Crippen LogP contribution in [0.25, 0.3) is 0 Å². The molecule has 0 aliphatic carbocycles. The van der Waals surface area contributed by atoms with Crippen LogP contribution in [-0.2, 0) is 22.8 Å². The van der Waals surface area contributed by atoms with Gasteiger partial charge in [0.15, 0.2) is 0 Å². The molecule has 1 heterocycles. The summed E-state index contributed by atoms with van der Waals surface area (Å²) in [5.41, 5.74) is 6.01. The third kappa shape index (κ3) is 2.85. The first kappa shape index (κ1) is 11.8. The molecule has 0 saturated carbocycles. The first-order valence-corrected chi connectivity index (χ1v) is 6.66. The summed E-state index contributed by atoms with van der Waals surface area (Å²) in [6.45, 7) is 1.98. The van der Waals surface area contributed by atoms with Crippen LogP contribution in [0.15, 0.2) is 4.79 Å². The van der Waals surface area contributed by atoms with Crippen molar-refractivity contribution >= 4 is 15.5 Å². The van der Waals surface area contributed by atoms with Gasteiger partial charge in [0.1, 0.15) is 15.5 Å².